The number of pyridine rings is 2. The van der Waals surface area contributed by atoms with E-state index in [0.717, 1.165) is 33.2 Å². The van der Waals surface area contributed by atoms with Gasteiger partial charge in [-0.1, -0.05) is 42.5 Å². The van der Waals surface area contributed by atoms with Crippen molar-refractivity contribution in [2.45, 2.75) is 6.04 Å². The van der Waals surface area contributed by atoms with Crippen LogP contribution in [0.1, 0.15) is 37.9 Å². The summed E-state index contributed by atoms with van der Waals surface area (Å²) in [7, 11) is 0. The fourth-order valence-electron chi connectivity index (χ4n) is 4.81. The van der Waals surface area contributed by atoms with Crippen LogP contribution in [0.25, 0.3) is 33.3 Å². The molecule has 170 valence electrons. The Morgan fingerprint density at radius 1 is 0.943 bits per heavy atom. The number of carbonyl (C=O) groups is 2. The zero-order valence-electron chi connectivity index (χ0n) is 18.3. The predicted molar refractivity (Wildman–Crippen MR) is 132 cm³/mol. The van der Waals surface area contributed by atoms with E-state index in [1.54, 1.807) is 24.7 Å². The Balaban J connectivity index is 1.48. The van der Waals surface area contributed by atoms with E-state index in [1.807, 2.05) is 48.5 Å². The van der Waals surface area contributed by atoms with Crippen LogP contribution in [-0.2, 0) is 0 Å². The molecule has 0 aliphatic heterocycles. The second kappa shape index (κ2) is 7.81. The zero-order chi connectivity index (χ0) is 24.1. The second-order valence-electron chi connectivity index (χ2n) is 8.32. The predicted octanol–water partition coefficient (Wildman–Crippen LogP) is 4.41. The van der Waals surface area contributed by atoms with E-state index in [1.165, 1.54) is 6.07 Å². The van der Waals surface area contributed by atoms with Gasteiger partial charge in [-0.3, -0.25) is 4.79 Å². The summed E-state index contributed by atoms with van der Waals surface area (Å²) in [6, 6.07) is 18.4. The molecular weight excluding hydrogens is 442 g/mol. The molecule has 3 aromatic heterocycles. The topological polar surface area (TPSA) is 134 Å². The van der Waals surface area contributed by atoms with E-state index < -0.39 is 5.97 Å². The van der Waals surface area contributed by atoms with Crippen molar-refractivity contribution in [3.8, 4) is 22.3 Å². The molecule has 0 radical (unpaired) electrons. The van der Waals surface area contributed by atoms with Crippen LogP contribution in [-0.4, -0.2) is 31.9 Å². The highest BCUT2D eigenvalue weighted by atomic mass is 16.4. The molecular formula is C27H19N5O3. The number of nitrogens with two attached hydrogens (primary N) is 1. The maximum Gasteiger partial charge on any atom is 0.339 e. The quantitative estimate of drug-likeness (QED) is 0.313. The molecule has 35 heavy (non-hydrogen) atoms. The summed E-state index contributed by atoms with van der Waals surface area (Å²) in [6.45, 7) is 0. The lowest BCUT2D eigenvalue weighted by Gasteiger charge is -2.17. The van der Waals surface area contributed by atoms with Crippen molar-refractivity contribution >= 4 is 28.7 Å². The fraction of sp³-hybridized carbons (Fsp3) is 0.0370. The Morgan fingerprint density at radius 2 is 1.74 bits per heavy atom. The number of aromatic amines is 1. The molecule has 1 atom stereocenters. The summed E-state index contributed by atoms with van der Waals surface area (Å²) in [6.07, 6.45) is 4.94. The summed E-state index contributed by atoms with van der Waals surface area (Å²) in [5.74, 6) is -1.38. The van der Waals surface area contributed by atoms with Gasteiger partial charge >= 0.3 is 5.97 Å². The van der Waals surface area contributed by atoms with Crippen LogP contribution in [0.4, 0.5) is 5.82 Å². The molecule has 5 N–H and O–H groups in total. The summed E-state index contributed by atoms with van der Waals surface area (Å²) in [5.41, 5.74) is 12.1. The Morgan fingerprint density at radius 3 is 2.60 bits per heavy atom. The van der Waals surface area contributed by atoms with E-state index in [0.29, 0.717) is 16.8 Å². The highest BCUT2D eigenvalue weighted by Crippen LogP contribution is 2.48. The number of carboxylic acids is 1. The highest BCUT2D eigenvalue weighted by Gasteiger charge is 2.32. The summed E-state index contributed by atoms with van der Waals surface area (Å²) < 4.78 is 0. The molecule has 5 aromatic rings. The Bertz CT molecular complexity index is 1660. The third-order valence-corrected chi connectivity index (χ3v) is 6.39. The van der Waals surface area contributed by atoms with Crippen molar-refractivity contribution in [1.29, 1.82) is 0 Å². The van der Waals surface area contributed by atoms with Gasteiger partial charge in [-0.25, -0.2) is 14.8 Å². The zero-order valence-corrected chi connectivity index (χ0v) is 18.3. The van der Waals surface area contributed by atoms with Crippen LogP contribution < -0.4 is 11.1 Å². The number of benzene rings is 2. The number of H-pyrrole nitrogens is 1. The van der Waals surface area contributed by atoms with Crippen molar-refractivity contribution < 1.29 is 14.7 Å². The molecule has 3 heterocycles. The number of nitrogen functional groups attached to an aromatic ring is 1. The van der Waals surface area contributed by atoms with E-state index in [9.17, 15) is 14.7 Å². The molecule has 1 amide bonds. The Labute approximate surface area is 199 Å². The first kappa shape index (κ1) is 20.6. The minimum atomic E-state index is -1.14. The molecule has 0 fully saturated rings. The van der Waals surface area contributed by atoms with Crippen molar-refractivity contribution in [1.82, 2.24) is 20.3 Å². The third kappa shape index (κ3) is 3.23. The van der Waals surface area contributed by atoms with Crippen LogP contribution in [0.3, 0.4) is 0 Å². The number of anilines is 1. The van der Waals surface area contributed by atoms with Gasteiger partial charge in [0.15, 0.2) is 0 Å². The van der Waals surface area contributed by atoms with E-state index in [4.69, 9.17) is 5.73 Å². The standard InChI is InChI=1S/C27H19N5O3/c28-24-21(27(34)35)12-14(13-31-24)15-6-3-7-20-22(15)16-4-1-2-5-17(16)23(20)32-26(33)19-9-11-30-25-18(19)8-10-29-25/h1-13,23H,(H2,28,31)(H,29,30)(H,32,33)(H,34,35). The van der Waals surface area contributed by atoms with Crippen LogP contribution in [0.5, 0.6) is 0 Å². The number of carboxylic acid groups (broad SMARTS) is 1. The van der Waals surface area contributed by atoms with E-state index >= 15 is 0 Å². The largest absolute Gasteiger partial charge is 0.478 e. The monoisotopic (exact) mass is 461 g/mol. The SMILES string of the molecule is Nc1ncc(-c2cccc3c2-c2ccccc2C3NC(=O)c2ccnc3[nH]ccc23)cc1C(=O)O. The average Bonchev–Trinajstić information content (AvgIpc) is 3.47. The highest BCUT2D eigenvalue weighted by molar-refractivity contribution is 6.06. The lowest BCUT2D eigenvalue weighted by molar-refractivity contribution is 0.0697. The molecule has 1 unspecified atom stereocenters. The van der Waals surface area contributed by atoms with Gasteiger partial charge in [0.05, 0.1) is 11.6 Å². The number of carbonyl (C=O) groups excluding carboxylic acids is 1. The normalized spacial score (nSPS) is 13.9. The van der Waals surface area contributed by atoms with Crippen molar-refractivity contribution in [2.24, 2.45) is 0 Å². The summed E-state index contributed by atoms with van der Waals surface area (Å²) in [5, 5.41) is 13.5. The van der Waals surface area contributed by atoms with Crippen LogP contribution in [0.2, 0.25) is 0 Å². The minimum Gasteiger partial charge on any atom is -0.478 e. The summed E-state index contributed by atoms with van der Waals surface area (Å²) >= 11 is 0. The average molecular weight is 461 g/mol. The number of amides is 1. The van der Waals surface area contributed by atoms with Gasteiger partial charge in [-0.05, 0) is 46.0 Å². The van der Waals surface area contributed by atoms with Crippen LogP contribution in [0.15, 0.2) is 79.3 Å². The number of fused-ring (bicyclic) bond motifs is 4. The van der Waals surface area contributed by atoms with Crippen LogP contribution in [0, 0.1) is 0 Å². The van der Waals surface area contributed by atoms with Crippen molar-refractivity contribution in [2.75, 3.05) is 5.73 Å². The molecule has 0 bridgehead atoms. The molecule has 0 saturated carbocycles. The molecule has 1 aliphatic carbocycles. The first-order valence-corrected chi connectivity index (χ1v) is 11.0. The molecule has 1 aliphatic rings. The number of rotatable bonds is 4. The number of aromatic nitrogens is 3. The molecule has 6 rings (SSSR count). The lowest BCUT2D eigenvalue weighted by atomic mass is 9.94. The van der Waals surface area contributed by atoms with Gasteiger partial charge in [-0.2, -0.15) is 0 Å². The van der Waals surface area contributed by atoms with Crippen LogP contribution >= 0.6 is 0 Å². The van der Waals surface area contributed by atoms with Gasteiger partial charge in [-0.15, -0.1) is 0 Å². The third-order valence-electron chi connectivity index (χ3n) is 6.39. The lowest BCUT2D eigenvalue weighted by Crippen LogP contribution is -2.28. The first-order chi connectivity index (χ1) is 17.0. The number of hydrogen-bond acceptors (Lipinski definition) is 5. The maximum absolute atomic E-state index is 13.4. The van der Waals surface area contributed by atoms with Crippen molar-refractivity contribution in [3.05, 3.63) is 102 Å². The molecule has 0 saturated heterocycles. The number of hydrogen-bond donors (Lipinski definition) is 4. The van der Waals surface area contributed by atoms with Gasteiger partial charge in [0, 0.05) is 29.5 Å². The van der Waals surface area contributed by atoms with Gasteiger partial charge in [0.25, 0.3) is 5.91 Å². The molecule has 2 aromatic carbocycles. The Hall–Kier alpha value is -4.98. The minimum absolute atomic E-state index is 0.0345. The van der Waals surface area contributed by atoms with Gasteiger partial charge in [0.1, 0.15) is 17.0 Å². The molecule has 8 heteroatoms. The molecule has 8 nitrogen and oxygen atoms in total. The fourth-order valence-corrected chi connectivity index (χ4v) is 4.81. The maximum atomic E-state index is 13.4. The van der Waals surface area contributed by atoms with E-state index in [2.05, 4.69) is 20.3 Å². The number of aromatic carboxylic acids is 1. The Kier molecular flexibility index (Phi) is 4.60. The van der Waals surface area contributed by atoms with Gasteiger partial charge in [0.2, 0.25) is 0 Å². The second-order valence-corrected chi connectivity index (χ2v) is 8.32. The molecule has 0 spiro atoms. The van der Waals surface area contributed by atoms with E-state index in [-0.39, 0.29) is 23.3 Å². The number of nitrogens with one attached hydrogen (secondary N) is 2. The smallest absolute Gasteiger partial charge is 0.339 e. The van der Waals surface area contributed by atoms with Gasteiger partial charge < -0.3 is 21.1 Å². The first-order valence-electron chi connectivity index (χ1n) is 11.0. The van der Waals surface area contributed by atoms with Crippen molar-refractivity contribution in [3.63, 3.8) is 0 Å². The summed E-state index contributed by atoms with van der Waals surface area (Å²) in [4.78, 5) is 36.5. The number of nitrogens with zero attached hydrogens (tertiary/aromatic N) is 2.